The van der Waals surface area contributed by atoms with Crippen LogP contribution in [0.4, 0.5) is 13.2 Å². The Bertz CT molecular complexity index is 1190. The molecule has 3 nitrogen and oxygen atoms in total. The van der Waals surface area contributed by atoms with Crippen LogP contribution >= 0.6 is 11.3 Å². The number of dihydropyridines is 1. The fourth-order valence-corrected chi connectivity index (χ4v) is 8.05. The minimum absolute atomic E-state index is 0.0216. The van der Waals surface area contributed by atoms with Gasteiger partial charge in [0.2, 0.25) is 0 Å². The lowest BCUT2D eigenvalue weighted by Gasteiger charge is -2.53. The lowest BCUT2D eigenvalue weighted by atomic mass is 9.51. The van der Waals surface area contributed by atoms with Crippen molar-refractivity contribution in [2.45, 2.75) is 69.9 Å². The number of rotatable bonds is 4. The van der Waals surface area contributed by atoms with Gasteiger partial charge in [-0.05, 0) is 84.2 Å². The molecule has 1 aromatic heterocycles. The van der Waals surface area contributed by atoms with E-state index < -0.39 is 17.2 Å². The minimum atomic E-state index is -4.38. The van der Waals surface area contributed by atoms with Gasteiger partial charge in [-0.3, -0.25) is 9.59 Å². The van der Waals surface area contributed by atoms with E-state index in [1.807, 2.05) is 0 Å². The van der Waals surface area contributed by atoms with E-state index in [-0.39, 0.29) is 30.0 Å². The van der Waals surface area contributed by atoms with Crippen LogP contribution in [0.2, 0.25) is 0 Å². The Kier molecular flexibility index (Phi) is 5.90. The smallest absolute Gasteiger partial charge is 0.362 e. The molecule has 2 atom stereocenters. The van der Waals surface area contributed by atoms with Gasteiger partial charge in [0.05, 0.1) is 0 Å². The van der Waals surface area contributed by atoms with Gasteiger partial charge in [-0.25, -0.2) is 0 Å². The monoisotopic (exact) mass is 513 g/mol. The number of ketones is 1. The number of Topliss-reactive ketones (excluding diaryl/α,β-unsaturated/α-hetero) is 1. The Balaban J connectivity index is 1.23. The Morgan fingerprint density at radius 2 is 1.86 bits per heavy atom. The first-order chi connectivity index (χ1) is 17.3. The van der Waals surface area contributed by atoms with Gasteiger partial charge in [-0.2, -0.15) is 24.5 Å². The van der Waals surface area contributed by atoms with Crippen LogP contribution in [0.3, 0.4) is 0 Å². The minimum Gasteiger partial charge on any atom is -0.362 e. The third kappa shape index (κ3) is 4.04. The molecule has 190 valence electrons. The Labute approximate surface area is 213 Å². The molecule has 2 fully saturated rings. The number of carbonyl (C=O) groups is 2. The summed E-state index contributed by atoms with van der Waals surface area (Å²) in [5.41, 5.74) is 3.45. The summed E-state index contributed by atoms with van der Waals surface area (Å²) in [6, 6.07) is 2.10. The van der Waals surface area contributed by atoms with E-state index in [0.29, 0.717) is 30.8 Å². The van der Waals surface area contributed by atoms with Crippen molar-refractivity contribution in [3.63, 3.8) is 0 Å². The van der Waals surface area contributed by atoms with Gasteiger partial charge in [0.1, 0.15) is 6.29 Å². The first kappa shape index (κ1) is 24.0. The number of nitrogens with one attached hydrogen (secondary N) is 1. The van der Waals surface area contributed by atoms with Crippen molar-refractivity contribution in [2.24, 2.45) is 23.2 Å². The molecule has 1 aliphatic heterocycles. The van der Waals surface area contributed by atoms with Gasteiger partial charge in [0, 0.05) is 40.3 Å². The fraction of sp³-hybridized carbons (Fsp3) is 0.517. The summed E-state index contributed by atoms with van der Waals surface area (Å²) in [5.74, 6) is 0.859. The zero-order chi connectivity index (χ0) is 25.1. The standard InChI is InChI=1S/C29H30F3NO2S/c30-29(31,32)21-5-6-22(15-34)28(14-21)12-20(13-28)19-9-25-27(26(35)10-19)23(18-7-8-36-16-18)11-24(33-25)17-3-1-2-4-17/h5-8,11,15-17,19-20,23,33H,1-4,9-10,12-14H2. The molecule has 1 aromatic rings. The van der Waals surface area contributed by atoms with E-state index in [4.69, 9.17) is 0 Å². The summed E-state index contributed by atoms with van der Waals surface area (Å²) in [6.45, 7) is 0. The van der Waals surface area contributed by atoms with Gasteiger partial charge in [-0.1, -0.05) is 31.1 Å². The van der Waals surface area contributed by atoms with Crippen LogP contribution < -0.4 is 5.32 Å². The van der Waals surface area contributed by atoms with Crippen molar-refractivity contribution in [1.29, 1.82) is 0 Å². The van der Waals surface area contributed by atoms with Crippen LogP contribution in [-0.4, -0.2) is 18.2 Å². The number of hydrogen-bond donors (Lipinski definition) is 1. The summed E-state index contributed by atoms with van der Waals surface area (Å²) in [6.07, 6.45) is 7.89. The van der Waals surface area contributed by atoms with Crippen LogP contribution in [0, 0.1) is 23.2 Å². The van der Waals surface area contributed by atoms with E-state index in [0.717, 1.165) is 48.5 Å². The lowest BCUT2D eigenvalue weighted by Crippen LogP contribution is -2.47. The summed E-state index contributed by atoms with van der Waals surface area (Å²) in [7, 11) is 0. The van der Waals surface area contributed by atoms with Gasteiger partial charge in [0.15, 0.2) is 5.78 Å². The molecule has 7 heteroatoms. The molecule has 1 N–H and O–H groups in total. The molecule has 36 heavy (non-hydrogen) atoms. The lowest BCUT2D eigenvalue weighted by molar-refractivity contribution is -0.120. The average Bonchev–Trinajstić information content (AvgIpc) is 3.55. The third-order valence-electron chi connectivity index (χ3n) is 9.26. The van der Waals surface area contributed by atoms with Crippen molar-refractivity contribution < 1.29 is 22.8 Å². The topological polar surface area (TPSA) is 46.2 Å². The van der Waals surface area contributed by atoms with Crippen LogP contribution in [0.15, 0.2) is 63.2 Å². The van der Waals surface area contributed by atoms with Crippen LogP contribution in [0.1, 0.15) is 69.3 Å². The largest absolute Gasteiger partial charge is 0.412 e. The van der Waals surface area contributed by atoms with Crippen molar-refractivity contribution in [1.82, 2.24) is 5.32 Å². The van der Waals surface area contributed by atoms with Crippen molar-refractivity contribution in [3.05, 3.63) is 68.7 Å². The highest BCUT2D eigenvalue weighted by atomic mass is 32.1. The quantitative estimate of drug-likeness (QED) is 0.435. The van der Waals surface area contributed by atoms with E-state index in [1.165, 1.54) is 24.6 Å². The maximum absolute atomic E-state index is 13.5. The van der Waals surface area contributed by atoms with E-state index in [9.17, 15) is 22.8 Å². The second kappa shape index (κ2) is 8.86. The number of allylic oxidation sites excluding steroid dienone is 8. The number of thiophene rings is 1. The zero-order valence-corrected chi connectivity index (χ0v) is 20.9. The highest BCUT2D eigenvalue weighted by Gasteiger charge is 2.54. The molecule has 0 bridgehead atoms. The molecule has 5 aliphatic rings. The number of alkyl halides is 3. The Morgan fingerprint density at radius 3 is 2.53 bits per heavy atom. The second-order valence-electron chi connectivity index (χ2n) is 11.3. The average molecular weight is 514 g/mol. The zero-order valence-electron chi connectivity index (χ0n) is 20.1. The summed E-state index contributed by atoms with van der Waals surface area (Å²) in [5, 5.41) is 7.85. The van der Waals surface area contributed by atoms with Crippen LogP contribution in [0.5, 0.6) is 0 Å². The van der Waals surface area contributed by atoms with Gasteiger partial charge >= 0.3 is 6.18 Å². The molecular formula is C29H30F3NO2S. The number of carbonyl (C=O) groups excluding carboxylic acids is 2. The molecule has 2 saturated carbocycles. The molecule has 2 unspecified atom stereocenters. The third-order valence-corrected chi connectivity index (χ3v) is 9.96. The first-order valence-electron chi connectivity index (χ1n) is 13.0. The molecule has 2 heterocycles. The molecule has 4 aliphatic carbocycles. The molecule has 0 aromatic carbocycles. The highest BCUT2D eigenvalue weighted by molar-refractivity contribution is 7.08. The van der Waals surface area contributed by atoms with E-state index >= 15 is 0 Å². The van der Waals surface area contributed by atoms with E-state index in [2.05, 4.69) is 28.2 Å². The summed E-state index contributed by atoms with van der Waals surface area (Å²) < 4.78 is 40.3. The van der Waals surface area contributed by atoms with Gasteiger partial charge < -0.3 is 5.32 Å². The molecule has 0 saturated heterocycles. The van der Waals surface area contributed by atoms with Gasteiger partial charge in [-0.15, -0.1) is 0 Å². The summed E-state index contributed by atoms with van der Waals surface area (Å²) in [4.78, 5) is 25.2. The highest BCUT2D eigenvalue weighted by Crippen LogP contribution is 2.61. The van der Waals surface area contributed by atoms with E-state index in [1.54, 1.807) is 11.3 Å². The van der Waals surface area contributed by atoms with Crippen molar-refractivity contribution in [2.75, 3.05) is 0 Å². The van der Waals surface area contributed by atoms with Crippen molar-refractivity contribution in [3.8, 4) is 0 Å². The van der Waals surface area contributed by atoms with Gasteiger partial charge in [0.25, 0.3) is 0 Å². The molecular weight excluding hydrogens is 483 g/mol. The van der Waals surface area contributed by atoms with Crippen molar-refractivity contribution >= 4 is 23.4 Å². The predicted molar refractivity (Wildman–Crippen MR) is 133 cm³/mol. The maximum atomic E-state index is 13.5. The molecule has 0 amide bonds. The normalized spacial score (nSPS) is 32.9. The molecule has 1 spiro atoms. The number of hydrogen-bond acceptors (Lipinski definition) is 4. The Hall–Kier alpha value is -2.41. The number of aldehydes is 1. The maximum Gasteiger partial charge on any atom is 0.412 e. The molecule has 0 radical (unpaired) electrons. The summed E-state index contributed by atoms with van der Waals surface area (Å²) >= 11 is 1.64. The number of halogens is 3. The Morgan fingerprint density at radius 1 is 1.08 bits per heavy atom. The SMILES string of the molecule is O=CC1=CC=C(C(F)(F)F)CC12CC(C1CC(=O)C3=C(C1)NC(C1CCCC1)=CC3c1ccsc1)C2. The van der Waals surface area contributed by atoms with Crippen LogP contribution in [0.25, 0.3) is 0 Å². The predicted octanol–water partition coefficient (Wildman–Crippen LogP) is 7.16. The first-order valence-corrected chi connectivity index (χ1v) is 13.9. The molecule has 6 rings (SSSR count). The fourth-order valence-electron chi connectivity index (χ4n) is 7.35. The second-order valence-corrected chi connectivity index (χ2v) is 12.1. The van der Waals surface area contributed by atoms with Crippen LogP contribution in [-0.2, 0) is 9.59 Å².